The lowest BCUT2D eigenvalue weighted by Gasteiger charge is -2.12. The maximum Gasteiger partial charge on any atom is 0.250 e. The number of aryl methyl sites for hydroxylation is 2. The van der Waals surface area contributed by atoms with Crippen LogP contribution in [0.4, 0.5) is 0 Å². The zero-order valence-electron chi connectivity index (χ0n) is 12.9. The number of hydrogen-bond donors (Lipinski definition) is 2. The summed E-state index contributed by atoms with van der Waals surface area (Å²) in [5.74, 6) is 0. The van der Waals surface area contributed by atoms with Crippen LogP contribution in [0.5, 0.6) is 0 Å². The van der Waals surface area contributed by atoms with Gasteiger partial charge < -0.3 is 9.67 Å². The molecule has 2 heterocycles. The smallest absolute Gasteiger partial charge is 0.250 e. The zero-order chi connectivity index (χ0) is 16.6. The third-order valence-electron chi connectivity index (χ3n) is 3.74. The van der Waals surface area contributed by atoms with Crippen LogP contribution < -0.4 is 4.72 Å². The zero-order valence-corrected chi connectivity index (χ0v) is 14.5. The molecule has 1 aromatic carbocycles. The van der Waals surface area contributed by atoms with Crippen LogP contribution in [-0.4, -0.2) is 24.6 Å². The summed E-state index contributed by atoms with van der Waals surface area (Å²) in [6, 6.07) is 10.9. The van der Waals surface area contributed by atoms with Gasteiger partial charge in [-0.15, -0.1) is 11.3 Å². The van der Waals surface area contributed by atoms with Crippen molar-refractivity contribution in [1.82, 2.24) is 9.29 Å². The minimum Gasteiger partial charge on any atom is -0.387 e. The Morgan fingerprint density at radius 1 is 1.26 bits per heavy atom. The molecule has 0 fully saturated rings. The van der Waals surface area contributed by atoms with Crippen LogP contribution in [0.1, 0.15) is 16.5 Å². The molecule has 1 unspecified atom stereocenters. The van der Waals surface area contributed by atoms with Gasteiger partial charge in [0.2, 0.25) is 10.0 Å². The van der Waals surface area contributed by atoms with Gasteiger partial charge >= 0.3 is 0 Å². The number of nitrogens with zero attached hydrogens (tertiary/aromatic N) is 1. The molecule has 0 saturated heterocycles. The Bertz CT molecular complexity index is 941. The number of fused-ring (bicyclic) bond motifs is 1. The fourth-order valence-electron chi connectivity index (χ4n) is 2.44. The summed E-state index contributed by atoms with van der Waals surface area (Å²) in [6.07, 6.45) is 1.05. The second kappa shape index (κ2) is 6.09. The van der Waals surface area contributed by atoms with Gasteiger partial charge in [-0.1, -0.05) is 6.07 Å². The number of aromatic nitrogens is 1. The van der Waals surface area contributed by atoms with E-state index in [2.05, 4.69) is 4.72 Å². The van der Waals surface area contributed by atoms with E-state index >= 15 is 0 Å². The molecule has 1 atom stereocenters. The third kappa shape index (κ3) is 3.32. The number of aliphatic hydroxyl groups is 1. The highest BCUT2D eigenvalue weighted by Crippen LogP contribution is 2.23. The van der Waals surface area contributed by atoms with Gasteiger partial charge in [-0.2, -0.15) is 0 Å². The lowest BCUT2D eigenvalue weighted by atomic mass is 10.1. The first kappa shape index (κ1) is 16.2. The van der Waals surface area contributed by atoms with Crippen molar-refractivity contribution in [3.8, 4) is 0 Å². The number of nitrogens with one attached hydrogen (secondary N) is 1. The molecule has 5 nitrogen and oxygen atoms in total. The molecular weight excluding hydrogens is 332 g/mol. The molecule has 0 amide bonds. The fourth-order valence-corrected chi connectivity index (χ4v) is 4.81. The predicted molar refractivity (Wildman–Crippen MR) is 92.1 cm³/mol. The van der Waals surface area contributed by atoms with Crippen molar-refractivity contribution in [2.24, 2.45) is 7.05 Å². The lowest BCUT2D eigenvalue weighted by molar-refractivity contribution is 0.182. The highest BCUT2D eigenvalue weighted by atomic mass is 32.2. The maximum atomic E-state index is 12.2. The molecule has 3 aromatic rings. The van der Waals surface area contributed by atoms with E-state index in [1.54, 1.807) is 12.1 Å². The van der Waals surface area contributed by atoms with Crippen molar-refractivity contribution < 1.29 is 13.5 Å². The van der Waals surface area contributed by atoms with Crippen LogP contribution in [0.2, 0.25) is 0 Å². The van der Waals surface area contributed by atoms with Crippen LogP contribution in [0, 0.1) is 6.92 Å². The third-order valence-corrected chi connectivity index (χ3v) is 6.66. The van der Waals surface area contributed by atoms with Gasteiger partial charge in [-0.05, 0) is 48.2 Å². The van der Waals surface area contributed by atoms with Gasteiger partial charge in [0.05, 0.1) is 6.10 Å². The van der Waals surface area contributed by atoms with E-state index in [1.807, 2.05) is 49.0 Å². The molecule has 122 valence electrons. The van der Waals surface area contributed by atoms with Gasteiger partial charge in [0.1, 0.15) is 4.21 Å². The molecule has 0 aliphatic heterocycles. The molecule has 0 bridgehead atoms. The molecule has 0 aliphatic carbocycles. The van der Waals surface area contributed by atoms with E-state index < -0.39 is 16.1 Å². The monoisotopic (exact) mass is 350 g/mol. The number of thiophene rings is 1. The SMILES string of the molecule is Cc1ccc(S(=O)(=O)NCC(O)c2ccc3c(ccn3C)c2)s1. The summed E-state index contributed by atoms with van der Waals surface area (Å²) in [6.45, 7) is 1.80. The summed E-state index contributed by atoms with van der Waals surface area (Å²) in [5.41, 5.74) is 1.75. The number of benzene rings is 1. The molecule has 0 radical (unpaired) electrons. The van der Waals surface area contributed by atoms with Crippen LogP contribution in [-0.2, 0) is 17.1 Å². The van der Waals surface area contributed by atoms with Gasteiger partial charge in [-0.3, -0.25) is 0 Å². The summed E-state index contributed by atoms with van der Waals surface area (Å²) in [4.78, 5) is 0.931. The average molecular weight is 350 g/mol. The molecule has 7 heteroatoms. The second-order valence-corrected chi connectivity index (χ2v) is 8.76. The first-order valence-corrected chi connectivity index (χ1v) is 9.46. The summed E-state index contributed by atoms with van der Waals surface area (Å²) in [5, 5.41) is 11.3. The molecular formula is C16H18N2O3S2. The van der Waals surface area contributed by atoms with E-state index in [-0.39, 0.29) is 10.8 Å². The summed E-state index contributed by atoms with van der Waals surface area (Å²) >= 11 is 1.21. The molecule has 2 aromatic heterocycles. The van der Waals surface area contributed by atoms with Crippen molar-refractivity contribution in [3.05, 3.63) is 53.0 Å². The summed E-state index contributed by atoms with van der Waals surface area (Å²) in [7, 11) is -1.62. The average Bonchev–Trinajstić information content (AvgIpc) is 3.12. The highest BCUT2D eigenvalue weighted by molar-refractivity contribution is 7.91. The maximum absolute atomic E-state index is 12.2. The number of rotatable bonds is 5. The van der Waals surface area contributed by atoms with Crippen molar-refractivity contribution in [2.75, 3.05) is 6.54 Å². The normalized spacial score (nSPS) is 13.5. The van der Waals surface area contributed by atoms with Crippen molar-refractivity contribution in [3.63, 3.8) is 0 Å². The highest BCUT2D eigenvalue weighted by Gasteiger charge is 2.18. The molecule has 0 aliphatic rings. The molecule has 2 N–H and O–H groups in total. The minimum absolute atomic E-state index is 0.0579. The van der Waals surface area contributed by atoms with Crippen molar-refractivity contribution >= 4 is 32.3 Å². The topological polar surface area (TPSA) is 71.3 Å². The molecule has 0 spiro atoms. The lowest BCUT2D eigenvalue weighted by Crippen LogP contribution is -2.28. The van der Waals surface area contributed by atoms with Gasteiger partial charge in [-0.25, -0.2) is 13.1 Å². The summed E-state index contributed by atoms with van der Waals surface area (Å²) < 4.78 is 29.1. The number of hydrogen-bond acceptors (Lipinski definition) is 4. The van der Waals surface area contributed by atoms with E-state index in [1.165, 1.54) is 11.3 Å². The molecule has 3 rings (SSSR count). The Hall–Kier alpha value is -1.67. The number of sulfonamides is 1. The Morgan fingerprint density at radius 2 is 2.04 bits per heavy atom. The first-order valence-electron chi connectivity index (χ1n) is 7.16. The van der Waals surface area contributed by atoms with Crippen LogP contribution in [0.15, 0.2) is 46.8 Å². The van der Waals surface area contributed by atoms with E-state index in [9.17, 15) is 13.5 Å². The quantitative estimate of drug-likeness (QED) is 0.743. The van der Waals surface area contributed by atoms with Gasteiger partial charge in [0.25, 0.3) is 0 Å². The molecule has 23 heavy (non-hydrogen) atoms. The van der Waals surface area contributed by atoms with Gasteiger partial charge in [0, 0.05) is 30.2 Å². The predicted octanol–water partition coefficient (Wildman–Crippen LogP) is 2.56. The minimum atomic E-state index is -3.58. The largest absolute Gasteiger partial charge is 0.387 e. The van der Waals surface area contributed by atoms with Crippen molar-refractivity contribution in [2.45, 2.75) is 17.2 Å². The first-order chi connectivity index (χ1) is 10.9. The van der Waals surface area contributed by atoms with Crippen molar-refractivity contribution in [1.29, 1.82) is 0 Å². The standard InChI is InChI=1S/C16H18N2O3S2/c1-11-3-6-16(22-11)23(20,21)17-10-15(19)13-4-5-14-12(9-13)7-8-18(14)2/h3-9,15,17,19H,10H2,1-2H3. The van der Waals surface area contributed by atoms with Crippen LogP contribution in [0.25, 0.3) is 10.9 Å². The Kier molecular flexibility index (Phi) is 4.29. The van der Waals surface area contributed by atoms with E-state index in [4.69, 9.17) is 0 Å². The Labute approximate surface area is 139 Å². The van der Waals surface area contributed by atoms with Gasteiger partial charge in [0.15, 0.2) is 0 Å². The Morgan fingerprint density at radius 3 is 2.74 bits per heavy atom. The number of aliphatic hydroxyl groups excluding tert-OH is 1. The van der Waals surface area contributed by atoms with Crippen LogP contribution in [0.3, 0.4) is 0 Å². The molecule has 0 saturated carbocycles. The Balaban J connectivity index is 1.74. The fraction of sp³-hybridized carbons (Fsp3) is 0.250. The van der Waals surface area contributed by atoms with Crippen LogP contribution >= 0.6 is 11.3 Å². The van der Waals surface area contributed by atoms with E-state index in [0.29, 0.717) is 5.56 Å². The van der Waals surface area contributed by atoms with E-state index in [0.717, 1.165) is 15.8 Å². The second-order valence-electron chi connectivity index (χ2n) is 5.48.